The number of carbonyl (C=O) groups is 2. The molecule has 1 aliphatic heterocycles. The minimum absolute atomic E-state index is 0.240. The van der Waals surface area contributed by atoms with Gasteiger partial charge in [-0.2, -0.15) is 0 Å². The Morgan fingerprint density at radius 1 is 1.25 bits per heavy atom. The van der Waals surface area contributed by atoms with Crippen LogP contribution in [0.2, 0.25) is 0 Å². The summed E-state index contributed by atoms with van der Waals surface area (Å²) >= 11 is 4.31. The monoisotopic (exact) mass is 303 g/mol. The highest BCUT2D eigenvalue weighted by Crippen LogP contribution is 2.26. The number of imide groups is 1. The topological polar surface area (TPSA) is 37.4 Å². The number of thioether (sulfide) groups is 1. The minimum Gasteiger partial charge on any atom is -0.273 e. The second-order valence-electron chi connectivity index (χ2n) is 3.21. The predicted octanol–water partition coefficient (Wildman–Crippen LogP) is 2.19. The zero-order valence-electron chi connectivity index (χ0n) is 8.07. The average molecular weight is 304 g/mol. The van der Waals surface area contributed by atoms with E-state index < -0.39 is 5.82 Å². The quantitative estimate of drug-likeness (QED) is 0.746. The molecule has 2 amide bonds. The van der Waals surface area contributed by atoms with E-state index in [-0.39, 0.29) is 27.8 Å². The van der Waals surface area contributed by atoms with Crippen molar-refractivity contribution in [2.24, 2.45) is 0 Å². The SMILES string of the molecule is O=C1CSCC(=O)N1c1ccc(F)c(Br)c1. The van der Waals surface area contributed by atoms with Gasteiger partial charge < -0.3 is 0 Å². The molecule has 1 aromatic carbocycles. The van der Waals surface area contributed by atoms with Crippen LogP contribution in [0.15, 0.2) is 22.7 Å². The first-order chi connectivity index (χ1) is 7.59. The lowest BCUT2D eigenvalue weighted by atomic mass is 10.2. The van der Waals surface area contributed by atoms with Crippen molar-refractivity contribution in [3.63, 3.8) is 0 Å². The molecule has 0 atom stereocenters. The Balaban J connectivity index is 2.38. The van der Waals surface area contributed by atoms with Crippen LogP contribution in [-0.4, -0.2) is 23.3 Å². The summed E-state index contributed by atoms with van der Waals surface area (Å²) in [5.41, 5.74) is 0.406. The Kier molecular flexibility index (Phi) is 3.30. The number of nitrogens with zero attached hydrogens (tertiary/aromatic N) is 1. The van der Waals surface area contributed by atoms with E-state index in [0.717, 1.165) is 4.90 Å². The molecule has 6 heteroatoms. The van der Waals surface area contributed by atoms with Crippen molar-refractivity contribution in [3.8, 4) is 0 Å². The van der Waals surface area contributed by atoms with Crippen LogP contribution in [0.3, 0.4) is 0 Å². The maximum Gasteiger partial charge on any atom is 0.243 e. The van der Waals surface area contributed by atoms with Crippen LogP contribution in [0, 0.1) is 5.82 Å². The zero-order valence-corrected chi connectivity index (χ0v) is 10.5. The third-order valence-corrected chi connectivity index (χ3v) is 3.62. The van der Waals surface area contributed by atoms with E-state index in [1.807, 2.05) is 0 Å². The maximum atomic E-state index is 13.0. The fraction of sp³-hybridized carbons (Fsp3) is 0.200. The number of anilines is 1. The molecular weight excluding hydrogens is 297 g/mol. The highest BCUT2D eigenvalue weighted by atomic mass is 79.9. The molecule has 3 nitrogen and oxygen atoms in total. The summed E-state index contributed by atoms with van der Waals surface area (Å²) in [4.78, 5) is 24.3. The van der Waals surface area contributed by atoms with Gasteiger partial charge in [-0.25, -0.2) is 9.29 Å². The Labute approximate surface area is 104 Å². The van der Waals surface area contributed by atoms with Crippen molar-refractivity contribution in [3.05, 3.63) is 28.5 Å². The molecule has 2 rings (SSSR count). The molecule has 16 heavy (non-hydrogen) atoms. The molecule has 0 bridgehead atoms. The van der Waals surface area contributed by atoms with Gasteiger partial charge in [-0.05, 0) is 34.1 Å². The number of carbonyl (C=O) groups excluding carboxylic acids is 2. The van der Waals surface area contributed by atoms with E-state index in [4.69, 9.17) is 0 Å². The normalized spacial score (nSPS) is 16.8. The van der Waals surface area contributed by atoms with Crippen molar-refractivity contribution in [2.45, 2.75) is 0 Å². The van der Waals surface area contributed by atoms with Crippen LogP contribution in [0.25, 0.3) is 0 Å². The fourth-order valence-corrected chi connectivity index (χ4v) is 2.48. The van der Waals surface area contributed by atoms with Crippen molar-refractivity contribution in [2.75, 3.05) is 16.4 Å². The standard InChI is InChI=1S/C10H7BrFNO2S/c11-7-3-6(1-2-8(7)12)13-9(14)4-16-5-10(13)15/h1-3H,4-5H2. The summed E-state index contributed by atoms with van der Waals surface area (Å²) in [6.07, 6.45) is 0. The van der Waals surface area contributed by atoms with Crippen LogP contribution in [0.1, 0.15) is 0 Å². The summed E-state index contributed by atoms with van der Waals surface area (Å²) in [7, 11) is 0. The molecule has 0 unspecified atom stereocenters. The molecular formula is C10H7BrFNO2S. The Bertz CT molecular complexity index is 450. The molecule has 84 valence electrons. The Morgan fingerprint density at radius 3 is 2.44 bits per heavy atom. The molecule has 0 radical (unpaired) electrons. The molecule has 0 saturated carbocycles. The van der Waals surface area contributed by atoms with Gasteiger partial charge in [0.2, 0.25) is 11.8 Å². The predicted molar refractivity (Wildman–Crippen MR) is 63.9 cm³/mol. The van der Waals surface area contributed by atoms with E-state index in [1.165, 1.54) is 30.0 Å². The average Bonchev–Trinajstić information content (AvgIpc) is 2.23. The van der Waals surface area contributed by atoms with Gasteiger partial charge in [-0.15, -0.1) is 11.8 Å². The Morgan fingerprint density at radius 2 is 1.88 bits per heavy atom. The van der Waals surface area contributed by atoms with Crippen molar-refractivity contribution in [1.82, 2.24) is 0 Å². The van der Waals surface area contributed by atoms with Crippen molar-refractivity contribution < 1.29 is 14.0 Å². The number of halogens is 2. The Hall–Kier alpha value is -0.880. The van der Waals surface area contributed by atoms with Crippen LogP contribution >= 0.6 is 27.7 Å². The highest BCUT2D eigenvalue weighted by molar-refractivity contribution is 9.10. The first-order valence-corrected chi connectivity index (χ1v) is 6.43. The summed E-state index contributed by atoms with van der Waals surface area (Å²) in [5.74, 6) is -0.392. The fourth-order valence-electron chi connectivity index (χ4n) is 1.41. The van der Waals surface area contributed by atoms with E-state index in [2.05, 4.69) is 15.9 Å². The molecule has 0 spiro atoms. The molecule has 0 aromatic heterocycles. The van der Waals surface area contributed by atoms with E-state index in [1.54, 1.807) is 0 Å². The second kappa shape index (κ2) is 4.55. The summed E-state index contributed by atoms with van der Waals surface area (Å²) in [6, 6.07) is 4.08. The van der Waals surface area contributed by atoms with Crippen LogP contribution in [0.4, 0.5) is 10.1 Å². The van der Waals surface area contributed by atoms with Gasteiger partial charge in [-0.1, -0.05) is 0 Å². The first kappa shape index (κ1) is 11.6. The summed E-state index contributed by atoms with van der Waals surface area (Å²) < 4.78 is 13.3. The van der Waals surface area contributed by atoms with Crippen LogP contribution in [-0.2, 0) is 9.59 Å². The van der Waals surface area contributed by atoms with Gasteiger partial charge in [-0.3, -0.25) is 9.59 Å². The third-order valence-electron chi connectivity index (χ3n) is 2.11. The molecule has 1 aromatic rings. The van der Waals surface area contributed by atoms with Crippen LogP contribution < -0.4 is 4.90 Å². The van der Waals surface area contributed by atoms with Gasteiger partial charge >= 0.3 is 0 Å². The van der Waals surface area contributed by atoms with E-state index in [9.17, 15) is 14.0 Å². The first-order valence-electron chi connectivity index (χ1n) is 4.48. The highest BCUT2D eigenvalue weighted by Gasteiger charge is 2.28. The van der Waals surface area contributed by atoms with Gasteiger partial charge in [0.05, 0.1) is 21.7 Å². The number of amides is 2. The third kappa shape index (κ3) is 2.12. The number of hydrogen-bond acceptors (Lipinski definition) is 3. The molecule has 1 saturated heterocycles. The molecule has 1 fully saturated rings. The van der Waals surface area contributed by atoms with Gasteiger partial charge in [0.25, 0.3) is 0 Å². The number of hydrogen-bond donors (Lipinski definition) is 0. The number of rotatable bonds is 1. The van der Waals surface area contributed by atoms with E-state index >= 15 is 0 Å². The zero-order chi connectivity index (χ0) is 11.7. The van der Waals surface area contributed by atoms with Gasteiger partial charge in [0.15, 0.2) is 0 Å². The number of benzene rings is 1. The molecule has 1 heterocycles. The second-order valence-corrected chi connectivity index (χ2v) is 5.05. The van der Waals surface area contributed by atoms with Crippen molar-refractivity contribution >= 4 is 45.2 Å². The molecule has 0 N–H and O–H groups in total. The minimum atomic E-state index is -0.421. The van der Waals surface area contributed by atoms with Gasteiger partial charge in [0.1, 0.15) is 5.82 Å². The van der Waals surface area contributed by atoms with Crippen LogP contribution in [0.5, 0.6) is 0 Å². The molecule has 1 aliphatic rings. The van der Waals surface area contributed by atoms with Gasteiger partial charge in [0, 0.05) is 0 Å². The lowest BCUT2D eigenvalue weighted by Crippen LogP contribution is -2.43. The summed E-state index contributed by atoms with van der Waals surface area (Å²) in [6.45, 7) is 0. The smallest absolute Gasteiger partial charge is 0.243 e. The van der Waals surface area contributed by atoms with E-state index in [0.29, 0.717) is 5.69 Å². The van der Waals surface area contributed by atoms with Crippen molar-refractivity contribution in [1.29, 1.82) is 0 Å². The largest absolute Gasteiger partial charge is 0.273 e. The lowest BCUT2D eigenvalue weighted by Gasteiger charge is -2.24. The summed E-state index contributed by atoms with van der Waals surface area (Å²) in [5, 5.41) is 0. The molecule has 0 aliphatic carbocycles. The maximum absolute atomic E-state index is 13.0. The lowest BCUT2D eigenvalue weighted by molar-refractivity contribution is -0.124.